The highest BCUT2D eigenvalue weighted by molar-refractivity contribution is 5.82. The molecule has 1 atom stereocenters. The first-order valence-electron chi connectivity index (χ1n) is 8.89. The van der Waals surface area contributed by atoms with Crippen LogP contribution in [0.4, 0.5) is 0 Å². The third-order valence-electron chi connectivity index (χ3n) is 5.10. The first-order valence-corrected chi connectivity index (χ1v) is 8.89. The van der Waals surface area contributed by atoms with Crippen LogP contribution in [0, 0.1) is 5.92 Å². The maximum absolute atomic E-state index is 12.3. The van der Waals surface area contributed by atoms with Crippen molar-refractivity contribution < 1.29 is 13.7 Å². The van der Waals surface area contributed by atoms with Crippen molar-refractivity contribution in [2.45, 2.75) is 31.6 Å². The first kappa shape index (κ1) is 14.7. The fourth-order valence-electron chi connectivity index (χ4n) is 3.56. The normalized spacial score (nSPS) is 21.0. The minimum atomic E-state index is 0.113. The van der Waals surface area contributed by atoms with Gasteiger partial charge in [0.2, 0.25) is 17.6 Å². The van der Waals surface area contributed by atoms with Gasteiger partial charge in [0.25, 0.3) is 0 Å². The van der Waals surface area contributed by atoms with E-state index in [1.807, 2.05) is 35.2 Å². The standard InChI is InChI=1S/C19H19N3O3/c23-19(12-7-8-12)22-9-3-5-14(11-22)18-20-17(21-25-18)16-10-13-4-1-2-6-15(13)24-16/h1-2,4,6,10,12,14H,3,5,7-9,11H2. The van der Waals surface area contributed by atoms with E-state index < -0.39 is 0 Å². The van der Waals surface area contributed by atoms with Gasteiger partial charge in [0, 0.05) is 24.4 Å². The summed E-state index contributed by atoms with van der Waals surface area (Å²) in [6.07, 6.45) is 4.02. The molecule has 1 amide bonds. The molecule has 1 saturated carbocycles. The lowest BCUT2D eigenvalue weighted by Crippen LogP contribution is -2.40. The zero-order valence-electron chi connectivity index (χ0n) is 13.9. The molecule has 2 fully saturated rings. The highest BCUT2D eigenvalue weighted by Gasteiger charge is 2.36. The largest absolute Gasteiger partial charge is 0.453 e. The van der Waals surface area contributed by atoms with Crippen molar-refractivity contribution >= 4 is 16.9 Å². The molecule has 2 aliphatic rings. The number of hydrogen-bond acceptors (Lipinski definition) is 5. The molecular formula is C19H19N3O3. The molecule has 5 rings (SSSR count). The van der Waals surface area contributed by atoms with Crippen molar-refractivity contribution in [1.82, 2.24) is 15.0 Å². The molecule has 6 nitrogen and oxygen atoms in total. The molecule has 2 aromatic heterocycles. The summed E-state index contributed by atoms with van der Waals surface area (Å²) in [4.78, 5) is 18.8. The van der Waals surface area contributed by atoms with Gasteiger partial charge in [-0.1, -0.05) is 23.4 Å². The predicted octanol–water partition coefficient (Wildman–Crippen LogP) is 3.60. The molecule has 3 heterocycles. The Morgan fingerprint density at radius 2 is 2.08 bits per heavy atom. The van der Waals surface area contributed by atoms with Gasteiger partial charge in [0.1, 0.15) is 5.58 Å². The van der Waals surface area contributed by atoms with E-state index in [2.05, 4.69) is 10.1 Å². The van der Waals surface area contributed by atoms with E-state index in [9.17, 15) is 4.79 Å². The van der Waals surface area contributed by atoms with Crippen molar-refractivity contribution in [1.29, 1.82) is 0 Å². The number of hydrogen-bond donors (Lipinski definition) is 0. The van der Waals surface area contributed by atoms with Crippen molar-refractivity contribution in [3.63, 3.8) is 0 Å². The van der Waals surface area contributed by atoms with Gasteiger partial charge in [0.05, 0.1) is 5.92 Å². The Balaban J connectivity index is 1.37. The molecule has 3 aromatic rings. The number of fused-ring (bicyclic) bond motifs is 1. The summed E-state index contributed by atoms with van der Waals surface area (Å²) in [6.45, 7) is 1.52. The van der Waals surface area contributed by atoms with Gasteiger partial charge in [-0.15, -0.1) is 0 Å². The quantitative estimate of drug-likeness (QED) is 0.730. The Morgan fingerprint density at radius 3 is 2.92 bits per heavy atom. The average molecular weight is 337 g/mol. The van der Waals surface area contributed by atoms with Gasteiger partial charge in [0.15, 0.2) is 5.76 Å². The van der Waals surface area contributed by atoms with Crippen LogP contribution in [0.5, 0.6) is 0 Å². The van der Waals surface area contributed by atoms with Gasteiger partial charge in [-0.2, -0.15) is 4.98 Å². The first-order chi connectivity index (χ1) is 12.3. The highest BCUT2D eigenvalue weighted by atomic mass is 16.5. The van der Waals surface area contributed by atoms with E-state index in [0.717, 1.165) is 43.2 Å². The smallest absolute Gasteiger partial charge is 0.238 e. The van der Waals surface area contributed by atoms with E-state index >= 15 is 0 Å². The third kappa shape index (κ3) is 2.71. The van der Waals surface area contributed by atoms with Crippen molar-refractivity contribution in [2.24, 2.45) is 5.92 Å². The summed E-state index contributed by atoms with van der Waals surface area (Å²) in [5, 5.41) is 5.11. The number of piperidine rings is 1. The molecule has 0 radical (unpaired) electrons. The average Bonchev–Trinajstić information content (AvgIpc) is 3.21. The Bertz CT molecular complexity index is 892. The van der Waals surface area contributed by atoms with E-state index in [4.69, 9.17) is 8.94 Å². The summed E-state index contributed by atoms with van der Waals surface area (Å²) in [7, 11) is 0. The highest BCUT2D eigenvalue weighted by Crippen LogP contribution is 2.34. The topological polar surface area (TPSA) is 72.4 Å². The number of nitrogens with zero attached hydrogens (tertiary/aromatic N) is 3. The Labute approximate surface area is 144 Å². The van der Waals surface area contributed by atoms with Crippen LogP contribution in [0.1, 0.15) is 37.5 Å². The van der Waals surface area contributed by atoms with Crippen LogP contribution in [0.25, 0.3) is 22.6 Å². The van der Waals surface area contributed by atoms with E-state index in [1.54, 1.807) is 0 Å². The van der Waals surface area contributed by atoms with Gasteiger partial charge in [-0.25, -0.2) is 0 Å². The Hall–Kier alpha value is -2.63. The second-order valence-corrected chi connectivity index (χ2v) is 7.00. The number of likely N-dealkylation sites (tertiary alicyclic amines) is 1. The van der Waals surface area contributed by atoms with E-state index in [1.165, 1.54) is 0 Å². The molecule has 1 saturated heterocycles. The molecule has 128 valence electrons. The van der Waals surface area contributed by atoms with Gasteiger partial charge in [-0.3, -0.25) is 4.79 Å². The summed E-state index contributed by atoms with van der Waals surface area (Å²) in [5.74, 6) is 2.34. The predicted molar refractivity (Wildman–Crippen MR) is 90.8 cm³/mol. The van der Waals surface area contributed by atoms with Crippen LogP contribution >= 0.6 is 0 Å². The van der Waals surface area contributed by atoms with Crippen LogP contribution in [0.3, 0.4) is 0 Å². The number of carbonyl (C=O) groups excluding carboxylic acids is 1. The zero-order valence-corrected chi connectivity index (χ0v) is 13.9. The van der Waals surface area contributed by atoms with Crippen molar-refractivity contribution in [2.75, 3.05) is 13.1 Å². The monoisotopic (exact) mass is 337 g/mol. The molecule has 0 bridgehead atoms. The lowest BCUT2D eigenvalue weighted by Gasteiger charge is -2.31. The number of aromatic nitrogens is 2. The van der Waals surface area contributed by atoms with Crippen molar-refractivity contribution in [3.05, 3.63) is 36.2 Å². The van der Waals surface area contributed by atoms with Crippen LogP contribution in [-0.2, 0) is 4.79 Å². The van der Waals surface area contributed by atoms with Crippen molar-refractivity contribution in [3.8, 4) is 11.6 Å². The van der Waals surface area contributed by atoms with Gasteiger partial charge >= 0.3 is 0 Å². The minimum absolute atomic E-state index is 0.113. The molecule has 0 spiro atoms. The minimum Gasteiger partial charge on any atom is -0.453 e. The summed E-state index contributed by atoms with van der Waals surface area (Å²) >= 11 is 0. The number of para-hydroxylation sites is 1. The molecule has 1 aliphatic heterocycles. The fourth-order valence-corrected chi connectivity index (χ4v) is 3.56. The van der Waals surface area contributed by atoms with Crippen LogP contribution < -0.4 is 0 Å². The SMILES string of the molecule is O=C(C1CC1)N1CCCC(c2nc(-c3cc4ccccc4o3)no2)C1. The number of rotatable bonds is 3. The molecule has 1 unspecified atom stereocenters. The van der Waals surface area contributed by atoms with Crippen LogP contribution in [-0.4, -0.2) is 34.0 Å². The molecule has 25 heavy (non-hydrogen) atoms. The summed E-state index contributed by atoms with van der Waals surface area (Å²) in [5.41, 5.74) is 0.808. The molecule has 1 aliphatic carbocycles. The lowest BCUT2D eigenvalue weighted by atomic mass is 9.97. The maximum Gasteiger partial charge on any atom is 0.238 e. The lowest BCUT2D eigenvalue weighted by molar-refractivity contribution is -0.133. The second-order valence-electron chi connectivity index (χ2n) is 7.00. The Morgan fingerprint density at radius 1 is 1.20 bits per heavy atom. The number of amides is 1. The van der Waals surface area contributed by atoms with Crippen LogP contribution in [0.2, 0.25) is 0 Å². The maximum atomic E-state index is 12.3. The summed E-state index contributed by atoms with van der Waals surface area (Å²) < 4.78 is 11.3. The molecule has 0 N–H and O–H groups in total. The molecule has 6 heteroatoms. The van der Waals surface area contributed by atoms with E-state index in [0.29, 0.717) is 29.9 Å². The van der Waals surface area contributed by atoms with Gasteiger partial charge in [-0.05, 0) is 37.8 Å². The number of furan rings is 1. The Kier molecular flexibility index (Phi) is 3.36. The van der Waals surface area contributed by atoms with E-state index in [-0.39, 0.29) is 11.8 Å². The molecular weight excluding hydrogens is 318 g/mol. The third-order valence-corrected chi connectivity index (χ3v) is 5.10. The van der Waals surface area contributed by atoms with Crippen LogP contribution in [0.15, 0.2) is 39.3 Å². The number of carbonyl (C=O) groups is 1. The molecule has 1 aromatic carbocycles. The summed E-state index contributed by atoms with van der Waals surface area (Å²) in [6, 6.07) is 9.74. The second kappa shape index (κ2) is 5.72. The number of benzene rings is 1. The zero-order chi connectivity index (χ0) is 16.8. The van der Waals surface area contributed by atoms with Gasteiger partial charge < -0.3 is 13.8 Å². The fraction of sp³-hybridized carbons (Fsp3) is 0.421.